The van der Waals surface area contributed by atoms with Crippen LogP contribution >= 0.6 is 22.7 Å². The van der Waals surface area contributed by atoms with Crippen LogP contribution in [0.4, 0.5) is 5.00 Å². The number of thiazole rings is 1. The van der Waals surface area contributed by atoms with Gasteiger partial charge in [-0.1, -0.05) is 12.1 Å². The van der Waals surface area contributed by atoms with Gasteiger partial charge < -0.3 is 15.1 Å². The summed E-state index contributed by atoms with van der Waals surface area (Å²) in [5, 5.41) is 7.19. The minimum Gasteiger partial charge on any atom is -0.459 e. The molecule has 0 bridgehead atoms. The lowest BCUT2D eigenvalue weighted by atomic mass is 10.3. The number of fused-ring (bicyclic) bond motifs is 1. The van der Waals surface area contributed by atoms with E-state index in [0.717, 1.165) is 15.2 Å². The molecule has 2 amide bonds. The van der Waals surface area contributed by atoms with Crippen molar-refractivity contribution in [3.8, 4) is 0 Å². The van der Waals surface area contributed by atoms with Crippen LogP contribution in [0.3, 0.4) is 0 Å². The molecule has 8 heteroatoms. The number of carbonyl (C=O) groups excluding carboxylic acids is 2. The third kappa shape index (κ3) is 4.07. The van der Waals surface area contributed by atoms with Crippen molar-refractivity contribution in [1.82, 2.24) is 10.3 Å². The number of anilines is 1. The smallest absolute Gasteiger partial charge is 0.291 e. The van der Waals surface area contributed by atoms with Crippen LogP contribution in [-0.4, -0.2) is 23.3 Å². The third-order valence-electron chi connectivity index (χ3n) is 3.77. The molecule has 0 spiro atoms. The Morgan fingerprint density at radius 2 is 1.89 bits per heavy atom. The van der Waals surface area contributed by atoms with E-state index < -0.39 is 0 Å². The van der Waals surface area contributed by atoms with Crippen molar-refractivity contribution in [2.75, 3.05) is 11.9 Å². The van der Waals surface area contributed by atoms with Crippen LogP contribution in [0, 0.1) is 0 Å². The Hall–Kier alpha value is -2.97. The van der Waals surface area contributed by atoms with Crippen molar-refractivity contribution in [2.24, 2.45) is 0 Å². The number of hydrogen-bond donors (Lipinski definition) is 2. The molecule has 0 radical (unpaired) electrons. The van der Waals surface area contributed by atoms with Crippen molar-refractivity contribution in [2.45, 2.75) is 6.42 Å². The molecule has 3 heterocycles. The molecule has 1 aromatic carbocycles. The van der Waals surface area contributed by atoms with E-state index in [0.29, 0.717) is 22.8 Å². The summed E-state index contributed by atoms with van der Waals surface area (Å²) in [6.45, 7) is 0.505. The Morgan fingerprint density at radius 1 is 1.00 bits per heavy atom. The predicted molar refractivity (Wildman–Crippen MR) is 107 cm³/mol. The van der Waals surface area contributed by atoms with Gasteiger partial charge in [0.05, 0.1) is 31.4 Å². The summed E-state index contributed by atoms with van der Waals surface area (Å²) in [6, 6.07) is 14.6. The summed E-state index contributed by atoms with van der Waals surface area (Å²) < 4.78 is 6.19. The maximum Gasteiger partial charge on any atom is 0.291 e. The number of benzene rings is 1. The van der Waals surface area contributed by atoms with Crippen LogP contribution < -0.4 is 10.6 Å². The number of aromatic nitrogens is 1. The van der Waals surface area contributed by atoms with E-state index >= 15 is 0 Å². The van der Waals surface area contributed by atoms with Gasteiger partial charge in [-0.05, 0) is 36.4 Å². The van der Waals surface area contributed by atoms with Crippen molar-refractivity contribution >= 4 is 49.7 Å². The zero-order valence-electron chi connectivity index (χ0n) is 14.1. The van der Waals surface area contributed by atoms with E-state index in [2.05, 4.69) is 15.6 Å². The normalized spacial score (nSPS) is 10.8. The fourth-order valence-corrected chi connectivity index (χ4v) is 4.29. The van der Waals surface area contributed by atoms with Crippen LogP contribution in [0.1, 0.15) is 25.2 Å². The average Bonchev–Trinajstić information content (AvgIpc) is 3.41. The van der Waals surface area contributed by atoms with Gasteiger partial charge in [0, 0.05) is 13.0 Å². The van der Waals surface area contributed by atoms with Crippen molar-refractivity contribution in [3.05, 3.63) is 70.4 Å². The molecule has 4 aromatic rings. The minimum atomic E-state index is -0.343. The first-order chi connectivity index (χ1) is 13.2. The Kier molecular flexibility index (Phi) is 4.99. The summed E-state index contributed by atoms with van der Waals surface area (Å²) in [6.07, 6.45) is 2.12. The topological polar surface area (TPSA) is 84.2 Å². The molecule has 0 saturated heterocycles. The Balaban J connectivity index is 1.30. The first kappa shape index (κ1) is 17.4. The van der Waals surface area contributed by atoms with E-state index in [4.69, 9.17) is 4.42 Å². The number of nitrogens with zero attached hydrogens (tertiary/aromatic N) is 1. The quantitative estimate of drug-likeness (QED) is 0.511. The van der Waals surface area contributed by atoms with Gasteiger partial charge in [0.2, 0.25) is 0 Å². The second-order valence-corrected chi connectivity index (χ2v) is 7.88. The van der Waals surface area contributed by atoms with Gasteiger partial charge in [-0.3, -0.25) is 9.59 Å². The molecule has 27 heavy (non-hydrogen) atoms. The minimum absolute atomic E-state index is 0.167. The number of para-hydroxylation sites is 1. The molecule has 3 aromatic heterocycles. The number of hydrogen-bond acceptors (Lipinski definition) is 6. The van der Waals surface area contributed by atoms with Gasteiger partial charge in [-0.2, -0.15) is 0 Å². The SMILES string of the molecule is O=C(Nc1ccc(C(=O)NCCc2nc3ccccc3s2)s1)c1ccco1. The second-order valence-electron chi connectivity index (χ2n) is 5.68. The molecule has 0 aliphatic carbocycles. The van der Waals surface area contributed by atoms with E-state index in [1.807, 2.05) is 24.3 Å². The molecule has 136 valence electrons. The van der Waals surface area contributed by atoms with Gasteiger partial charge in [-0.25, -0.2) is 4.98 Å². The highest BCUT2D eigenvalue weighted by Gasteiger charge is 2.13. The molecule has 6 nitrogen and oxygen atoms in total. The van der Waals surface area contributed by atoms with E-state index in [1.165, 1.54) is 17.6 Å². The van der Waals surface area contributed by atoms with Crippen LogP contribution in [0.25, 0.3) is 10.2 Å². The molecule has 0 fully saturated rings. The molecule has 0 atom stereocenters. The molecule has 4 rings (SSSR count). The number of thiophene rings is 1. The average molecular weight is 397 g/mol. The molecule has 2 N–H and O–H groups in total. The largest absolute Gasteiger partial charge is 0.459 e. The van der Waals surface area contributed by atoms with Gasteiger partial charge in [0.25, 0.3) is 11.8 Å². The zero-order chi connectivity index (χ0) is 18.6. The fraction of sp³-hybridized carbons (Fsp3) is 0.105. The second kappa shape index (κ2) is 7.73. The van der Waals surface area contributed by atoms with Crippen molar-refractivity contribution in [1.29, 1.82) is 0 Å². The van der Waals surface area contributed by atoms with Gasteiger partial charge in [-0.15, -0.1) is 22.7 Å². The predicted octanol–water partition coefficient (Wildman–Crippen LogP) is 4.18. The highest BCUT2D eigenvalue weighted by molar-refractivity contribution is 7.18. The monoisotopic (exact) mass is 397 g/mol. The Labute approximate surface area is 162 Å². The van der Waals surface area contributed by atoms with E-state index in [1.54, 1.807) is 35.6 Å². The van der Waals surface area contributed by atoms with Gasteiger partial charge in [0.15, 0.2) is 5.76 Å². The Bertz CT molecular complexity index is 1050. The van der Waals surface area contributed by atoms with Crippen molar-refractivity contribution < 1.29 is 14.0 Å². The summed E-state index contributed by atoms with van der Waals surface area (Å²) in [5.74, 6) is -0.283. The summed E-state index contributed by atoms with van der Waals surface area (Å²) >= 11 is 2.86. The molecular formula is C19H15N3O3S2. The molecule has 0 aliphatic heterocycles. The lowest BCUT2D eigenvalue weighted by molar-refractivity contribution is 0.0956. The lowest BCUT2D eigenvalue weighted by Crippen LogP contribution is -2.24. The van der Waals surface area contributed by atoms with E-state index in [9.17, 15) is 9.59 Å². The summed E-state index contributed by atoms with van der Waals surface area (Å²) in [4.78, 5) is 29.3. The van der Waals surface area contributed by atoms with Crippen LogP contribution in [0.15, 0.2) is 59.2 Å². The number of furan rings is 1. The number of carbonyl (C=O) groups is 2. The molecular weight excluding hydrogens is 382 g/mol. The first-order valence-electron chi connectivity index (χ1n) is 8.26. The lowest BCUT2D eigenvalue weighted by Gasteiger charge is -2.01. The maximum atomic E-state index is 12.3. The summed E-state index contributed by atoms with van der Waals surface area (Å²) in [7, 11) is 0. The summed E-state index contributed by atoms with van der Waals surface area (Å²) in [5.41, 5.74) is 0.985. The third-order valence-corrected chi connectivity index (χ3v) is 5.87. The van der Waals surface area contributed by atoms with Gasteiger partial charge >= 0.3 is 0 Å². The standard InChI is InChI=1S/C19H15N3O3S2/c23-18(13-5-3-11-25-13)22-16-8-7-15(27-16)19(24)20-10-9-17-21-12-4-1-2-6-14(12)26-17/h1-8,11H,9-10H2,(H,20,24)(H,22,23). The highest BCUT2D eigenvalue weighted by atomic mass is 32.1. The molecule has 0 aliphatic rings. The Morgan fingerprint density at radius 3 is 2.70 bits per heavy atom. The van der Waals surface area contributed by atoms with Crippen LogP contribution in [0.2, 0.25) is 0 Å². The highest BCUT2D eigenvalue weighted by Crippen LogP contribution is 2.23. The number of amides is 2. The van der Waals surface area contributed by atoms with Crippen LogP contribution in [0.5, 0.6) is 0 Å². The van der Waals surface area contributed by atoms with Crippen molar-refractivity contribution in [3.63, 3.8) is 0 Å². The van der Waals surface area contributed by atoms with E-state index in [-0.39, 0.29) is 17.6 Å². The number of rotatable bonds is 6. The van der Waals surface area contributed by atoms with Gasteiger partial charge in [0.1, 0.15) is 0 Å². The fourth-order valence-electron chi connectivity index (χ4n) is 2.51. The van der Waals surface area contributed by atoms with Crippen LogP contribution in [-0.2, 0) is 6.42 Å². The maximum absolute atomic E-state index is 12.3. The zero-order valence-corrected chi connectivity index (χ0v) is 15.7. The first-order valence-corrected chi connectivity index (χ1v) is 9.90. The number of nitrogens with one attached hydrogen (secondary N) is 2. The molecule has 0 unspecified atom stereocenters. The molecule has 0 saturated carbocycles.